The van der Waals surface area contributed by atoms with Crippen molar-refractivity contribution >= 4 is 23.6 Å². The topological polar surface area (TPSA) is 76.7 Å². The van der Waals surface area contributed by atoms with E-state index < -0.39 is 0 Å². The van der Waals surface area contributed by atoms with Crippen molar-refractivity contribution in [2.24, 2.45) is 5.92 Å². The van der Waals surface area contributed by atoms with Gasteiger partial charge in [-0.25, -0.2) is 0 Å². The van der Waals surface area contributed by atoms with E-state index in [1.54, 1.807) is 13.2 Å². The van der Waals surface area contributed by atoms with Gasteiger partial charge in [0, 0.05) is 24.2 Å². The second-order valence-corrected chi connectivity index (χ2v) is 7.57. The number of rotatable bonds is 9. The summed E-state index contributed by atoms with van der Waals surface area (Å²) >= 11 is 0. The van der Waals surface area contributed by atoms with E-state index in [1.807, 2.05) is 49.4 Å². The molecule has 0 bridgehead atoms. The average Bonchev–Trinajstić information content (AvgIpc) is 3.32. The molecular weight excluding hydrogens is 392 g/mol. The Hall–Kier alpha value is -3.28. The van der Waals surface area contributed by atoms with Crippen LogP contribution in [0.1, 0.15) is 43.7 Å². The summed E-state index contributed by atoms with van der Waals surface area (Å²) in [5.74, 6) is 1.31. The first-order valence-corrected chi connectivity index (χ1v) is 10.8. The molecule has 1 fully saturated rings. The van der Waals surface area contributed by atoms with Crippen LogP contribution in [0.2, 0.25) is 0 Å². The fourth-order valence-electron chi connectivity index (χ4n) is 3.67. The quantitative estimate of drug-likeness (QED) is 0.581. The molecule has 3 rings (SSSR count). The maximum absolute atomic E-state index is 12.3. The van der Waals surface area contributed by atoms with Crippen LogP contribution in [0.5, 0.6) is 11.5 Å². The highest BCUT2D eigenvalue weighted by Gasteiger charge is 2.22. The van der Waals surface area contributed by atoms with Gasteiger partial charge in [0.15, 0.2) is 11.5 Å². The molecule has 0 aromatic heterocycles. The fourth-order valence-corrected chi connectivity index (χ4v) is 3.67. The lowest BCUT2D eigenvalue weighted by Crippen LogP contribution is -2.21. The highest BCUT2D eigenvalue weighted by atomic mass is 16.5. The number of carbonyl (C=O) groups is 2. The van der Waals surface area contributed by atoms with E-state index >= 15 is 0 Å². The summed E-state index contributed by atoms with van der Waals surface area (Å²) in [6, 6.07) is 13.1. The summed E-state index contributed by atoms with van der Waals surface area (Å²) in [5, 5.41) is 5.87. The van der Waals surface area contributed by atoms with Crippen LogP contribution in [0, 0.1) is 5.92 Å². The van der Waals surface area contributed by atoms with Crippen LogP contribution < -0.4 is 20.1 Å². The number of benzene rings is 2. The van der Waals surface area contributed by atoms with Crippen molar-refractivity contribution in [3.8, 4) is 11.5 Å². The largest absolute Gasteiger partial charge is 0.493 e. The van der Waals surface area contributed by atoms with Gasteiger partial charge in [-0.1, -0.05) is 31.0 Å². The first-order valence-electron chi connectivity index (χ1n) is 10.8. The van der Waals surface area contributed by atoms with Crippen molar-refractivity contribution in [1.82, 2.24) is 5.32 Å². The molecule has 2 amide bonds. The predicted molar refractivity (Wildman–Crippen MR) is 122 cm³/mol. The zero-order valence-corrected chi connectivity index (χ0v) is 18.1. The molecule has 0 unspecified atom stereocenters. The van der Waals surface area contributed by atoms with Crippen LogP contribution in [0.15, 0.2) is 48.5 Å². The van der Waals surface area contributed by atoms with E-state index in [0.717, 1.165) is 42.5 Å². The van der Waals surface area contributed by atoms with Crippen molar-refractivity contribution in [2.45, 2.75) is 39.2 Å². The van der Waals surface area contributed by atoms with Crippen LogP contribution in [0.25, 0.3) is 6.08 Å². The van der Waals surface area contributed by atoms with Crippen molar-refractivity contribution in [2.75, 3.05) is 19.0 Å². The van der Waals surface area contributed by atoms with Gasteiger partial charge in [-0.2, -0.15) is 0 Å². The smallest absolute Gasteiger partial charge is 0.244 e. The molecule has 31 heavy (non-hydrogen) atoms. The Morgan fingerprint density at radius 1 is 1.10 bits per heavy atom. The Morgan fingerprint density at radius 2 is 1.90 bits per heavy atom. The van der Waals surface area contributed by atoms with Gasteiger partial charge >= 0.3 is 0 Å². The summed E-state index contributed by atoms with van der Waals surface area (Å²) < 4.78 is 10.8. The minimum absolute atomic E-state index is 0.0902. The van der Waals surface area contributed by atoms with Gasteiger partial charge in [0.2, 0.25) is 11.8 Å². The van der Waals surface area contributed by atoms with Crippen molar-refractivity contribution in [3.63, 3.8) is 0 Å². The van der Waals surface area contributed by atoms with E-state index in [2.05, 4.69) is 10.6 Å². The van der Waals surface area contributed by atoms with Crippen molar-refractivity contribution in [3.05, 3.63) is 59.7 Å². The number of hydrogen-bond acceptors (Lipinski definition) is 4. The molecular formula is C25H30N2O4. The monoisotopic (exact) mass is 422 g/mol. The van der Waals surface area contributed by atoms with Gasteiger partial charge in [-0.05, 0) is 61.2 Å². The molecule has 0 spiro atoms. The van der Waals surface area contributed by atoms with Crippen LogP contribution in [0.4, 0.5) is 5.69 Å². The molecule has 6 heteroatoms. The Labute approximate surface area is 183 Å². The molecule has 1 aliphatic carbocycles. The van der Waals surface area contributed by atoms with Crippen LogP contribution in [-0.2, 0) is 16.1 Å². The third kappa shape index (κ3) is 6.60. The molecule has 2 aromatic rings. The Bertz CT molecular complexity index is 933. The van der Waals surface area contributed by atoms with E-state index in [1.165, 1.54) is 6.08 Å². The van der Waals surface area contributed by atoms with Crippen LogP contribution >= 0.6 is 0 Å². The lowest BCUT2D eigenvalue weighted by Gasteiger charge is -2.11. The van der Waals surface area contributed by atoms with Gasteiger partial charge in [0.05, 0.1) is 13.7 Å². The minimum atomic E-state index is -0.201. The molecule has 1 aliphatic rings. The van der Waals surface area contributed by atoms with Gasteiger partial charge < -0.3 is 20.1 Å². The summed E-state index contributed by atoms with van der Waals surface area (Å²) in [4.78, 5) is 24.5. The highest BCUT2D eigenvalue weighted by Crippen LogP contribution is 2.28. The van der Waals surface area contributed by atoms with Crippen molar-refractivity contribution in [1.29, 1.82) is 0 Å². The number of amides is 2. The zero-order chi connectivity index (χ0) is 22.1. The van der Waals surface area contributed by atoms with E-state index in [0.29, 0.717) is 24.7 Å². The van der Waals surface area contributed by atoms with E-state index in [4.69, 9.17) is 9.47 Å². The maximum atomic E-state index is 12.3. The van der Waals surface area contributed by atoms with Crippen LogP contribution in [-0.4, -0.2) is 25.5 Å². The minimum Gasteiger partial charge on any atom is -0.493 e. The third-order valence-electron chi connectivity index (χ3n) is 5.30. The van der Waals surface area contributed by atoms with Crippen LogP contribution in [0.3, 0.4) is 0 Å². The number of methoxy groups -OCH3 is 1. The zero-order valence-electron chi connectivity index (χ0n) is 18.1. The van der Waals surface area contributed by atoms with E-state index in [-0.39, 0.29) is 17.7 Å². The fraction of sp³-hybridized carbons (Fsp3) is 0.360. The summed E-state index contributed by atoms with van der Waals surface area (Å²) in [5.41, 5.74) is 2.53. The lowest BCUT2D eigenvalue weighted by molar-refractivity contribution is -0.119. The SMILES string of the molecule is CCOc1ccc(/C=C/C(=O)NCc2cccc(NC(=O)C3CCCC3)c2)cc1OC. The molecule has 0 atom stereocenters. The molecule has 1 saturated carbocycles. The van der Waals surface area contributed by atoms with Gasteiger partial charge in [0.1, 0.15) is 0 Å². The summed E-state index contributed by atoms with van der Waals surface area (Å²) in [6.45, 7) is 2.85. The van der Waals surface area contributed by atoms with E-state index in [9.17, 15) is 9.59 Å². The van der Waals surface area contributed by atoms with Gasteiger partial charge in [0.25, 0.3) is 0 Å². The Balaban J connectivity index is 1.53. The summed E-state index contributed by atoms with van der Waals surface area (Å²) in [6.07, 6.45) is 7.40. The molecule has 2 N–H and O–H groups in total. The molecule has 0 saturated heterocycles. The normalized spacial score (nSPS) is 13.9. The standard InChI is InChI=1S/C25H30N2O4/c1-3-31-22-13-11-18(16-23(22)30-2)12-14-24(28)26-17-19-7-6-10-21(15-19)27-25(29)20-8-4-5-9-20/h6-7,10-16,20H,3-5,8-9,17H2,1-2H3,(H,26,28)(H,27,29)/b14-12+. The Morgan fingerprint density at radius 3 is 2.65 bits per heavy atom. The number of nitrogens with one attached hydrogen (secondary N) is 2. The molecule has 0 radical (unpaired) electrons. The average molecular weight is 423 g/mol. The predicted octanol–water partition coefficient (Wildman–Crippen LogP) is 4.55. The second kappa shape index (κ2) is 11.2. The number of anilines is 1. The number of hydrogen-bond donors (Lipinski definition) is 2. The number of carbonyl (C=O) groups excluding carboxylic acids is 2. The first-order chi connectivity index (χ1) is 15.1. The molecule has 0 aliphatic heterocycles. The van der Waals surface area contributed by atoms with Crippen molar-refractivity contribution < 1.29 is 19.1 Å². The van der Waals surface area contributed by atoms with Gasteiger partial charge in [-0.15, -0.1) is 0 Å². The number of ether oxygens (including phenoxy) is 2. The summed E-state index contributed by atoms with van der Waals surface area (Å²) in [7, 11) is 1.59. The highest BCUT2D eigenvalue weighted by molar-refractivity contribution is 5.93. The lowest BCUT2D eigenvalue weighted by atomic mass is 10.1. The second-order valence-electron chi connectivity index (χ2n) is 7.57. The molecule has 2 aromatic carbocycles. The van der Waals surface area contributed by atoms with Gasteiger partial charge in [-0.3, -0.25) is 9.59 Å². The Kier molecular flexibility index (Phi) is 8.10. The molecule has 6 nitrogen and oxygen atoms in total. The maximum Gasteiger partial charge on any atom is 0.244 e. The first kappa shape index (κ1) is 22.4. The molecule has 0 heterocycles. The molecule has 164 valence electrons. The third-order valence-corrected chi connectivity index (χ3v) is 5.30.